The highest BCUT2D eigenvalue weighted by atomic mass is 15.3. The van der Waals surface area contributed by atoms with Gasteiger partial charge >= 0.3 is 0 Å². The molecule has 1 aromatic rings. The summed E-state index contributed by atoms with van der Waals surface area (Å²) in [6.45, 7) is 7.31. The summed E-state index contributed by atoms with van der Waals surface area (Å²) in [6, 6.07) is 1.44. The summed E-state index contributed by atoms with van der Waals surface area (Å²) in [7, 11) is 0. The minimum atomic E-state index is 0.313. The predicted molar refractivity (Wildman–Crippen MR) is 79.9 cm³/mol. The number of hydrogen-bond donors (Lipinski definition) is 1. The molecule has 4 heteroatoms. The summed E-state index contributed by atoms with van der Waals surface area (Å²) in [6.07, 6.45) is 10.8. The molecule has 2 unspecified atom stereocenters. The molecule has 0 spiro atoms. The predicted octanol–water partition coefficient (Wildman–Crippen LogP) is 1.93. The molecule has 3 saturated heterocycles. The number of nitrogens with one attached hydrogen (secondary N) is 1. The van der Waals surface area contributed by atoms with Gasteiger partial charge in [0.2, 0.25) is 0 Å². The van der Waals surface area contributed by atoms with Crippen LogP contribution in [0.3, 0.4) is 0 Å². The molecule has 1 N–H and O–H groups in total. The molecule has 0 aliphatic carbocycles. The minimum Gasteiger partial charge on any atom is -0.329 e. The number of imidazole rings is 1. The summed E-state index contributed by atoms with van der Waals surface area (Å²) in [5.41, 5.74) is 1.80. The first kappa shape index (κ1) is 12.8. The van der Waals surface area contributed by atoms with Crippen molar-refractivity contribution >= 4 is 0 Å². The maximum Gasteiger partial charge on any atom is 0.0951 e. The lowest BCUT2D eigenvalue weighted by atomic mass is 9.78. The Morgan fingerprint density at radius 3 is 2.90 bits per heavy atom. The van der Waals surface area contributed by atoms with Crippen LogP contribution in [0.15, 0.2) is 12.5 Å². The van der Waals surface area contributed by atoms with E-state index < -0.39 is 0 Å². The molecule has 110 valence electrons. The first-order valence-electron chi connectivity index (χ1n) is 8.25. The molecule has 2 atom stereocenters. The lowest BCUT2D eigenvalue weighted by molar-refractivity contribution is 0.269. The van der Waals surface area contributed by atoms with Gasteiger partial charge in [-0.2, -0.15) is 0 Å². The van der Waals surface area contributed by atoms with Gasteiger partial charge in [0.1, 0.15) is 0 Å². The fourth-order valence-electron chi connectivity index (χ4n) is 4.65. The molecule has 0 bridgehead atoms. The van der Waals surface area contributed by atoms with Crippen LogP contribution >= 0.6 is 0 Å². The van der Waals surface area contributed by atoms with Gasteiger partial charge in [-0.25, -0.2) is 4.98 Å². The van der Waals surface area contributed by atoms with E-state index in [1.807, 2.05) is 0 Å². The van der Waals surface area contributed by atoms with Crippen LogP contribution in [0.2, 0.25) is 0 Å². The average molecular weight is 274 g/mol. The molecular formula is C16H26N4. The molecule has 1 aromatic heterocycles. The number of nitrogens with zero attached hydrogens (tertiary/aromatic N) is 3. The Morgan fingerprint density at radius 2 is 2.05 bits per heavy atom. The Bertz CT molecular complexity index is 475. The van der Waals surface area contributed by atoms with Gasteiger partial charge in [-0.05, 0) is 51.7 Å². The Hall–Kier alpha value is -0.870. The second-order valence-electron chi connectivity index (χ2n) is 7.10. The van der Waals surface area contributed by atoms with Gasteiger partial charge in [-0.3, -0.25) is 4.90 Å². The van der Waals surface area contributed by atoms with Crippen molar-refractivity contribution in [3.05, 3.63) is 18.2 Å². The van der Waals surface area contributed by atoms with Crippen LogP contribution in [-0.2, 0) is 5.41 Å². The van der Waals surface area contributed by atoms with Crippen LogP contribution in [0.4, 0.5) is 0 Å². The van der Waals surface area contributed by atoms with Gasteiger partial charge in [-0.15, -0.1) is 0 Å². The zero-order chi connectivity index (χ0) is 13.6. The maximum atomic E-state index is 4.53. The summed E-state index contributed by atoms with van der Waals surface area (Å²) in [5, 5.41) is 3.49. The van der Waals surface area contributed by atoms with E-state index in [0.717, 1.165) is 19.1 Å². The van der Waals surface area contributed by atoms with Crippen LogP contribution in [0.5, 0.6) is 0 Å². The van der Waals surface area contributed by atoms with Gasteiger partial charge in [0.05, 0.1) is 12.4 Å². The number of fused-ring (bicyclic) bond motifs is 1. The largest absolute Gasteiger partial charge is 0.329 e. The first-order chi connectivity index (χ1) is 9.78. The molecule has 0 amide bonds. The molecule has 4 nitrogen and oxygen atoms in total. The van der Waals surface area contributed by atoms with Crippen molar-refractivity contribution in [1.29, 1.82) is 0 Å². The van der Waals surface area contributed by atoms with Crippen molar-refractivity contribution in [2.75, 3.05) is 26.2 Å². The Morgan fingerprint density at radius 1 is 1.20 bits per heavy atom. The van der Waals surface area contributed by atoms with E-state index in [1.54, 1.807) is 0 Å². The van der Waals surface area contributed by atoms with Crippen molar-refractivity contribution in [3.8, 4) is 0 Å². The monoisotopic (exact) mass is 274 g/mol. The van der Waals surface area contributed by atoms with Crippen molar-refractivity contribution < 1.29 is 0 Å². The third kappa shape index (κ3) is 1.92. The zero-order valence-corrected chi connectivity index (χ0v) is 12.5. The smallest absolute Gasteiger partial charge is 0.0951 e. The first-order valence-corrected chi connectivity index (χ1v) is 8.25. The topological polar surface area (TPSA) is 33.1 Å². The number of aromatic nitrogens is 2. The molecular weight excluding hydrogens is 248 g/mol. The van der Waals surface area contributed by atoms with Crippen LogP contribution < -0.4 is 5.32 Å². The fourth-order valence-corrected chi connectivity index (χ4v) is 4.65. The molecule has 3 fully saturated rings. The second-order valence-corrected chi connectivity index (χ2v) is 7.10. The third-order valence-corrected chi connectivity index (χ3v) is 5.92. The molecule has 3 aliphatic heterocycles. The molecule has 3 aliphatic rings. The normalized spacial score (nSPS) is 33.5. The van der Waals surface area contributed by atoms with E-state index in [-0.39, 0.29) is 0 Å². The van der Waals surface area contributed by atoms with E-state index in [1.165, 1.54) is 50.9 Å². The number of hydrogen-bond acceptors (Lipinski definition) is 3. The summed E-state index contributed by atoms with van der Waals surface area (Å²) in [5.74, 6) is 0. The maximum absolute atomic E-state index is 4.53. The molecule has 0 radical (unpaired) electrons. The molecule has 0 aromatic carbocycles. The van der Waals surface area contributed by atoms with E-state index in [0.29, 0.717) is 11.5 Å². The van der Waals surface area contributed by atoms with E-state index >= 15 is 0 Å². The average Bonchev–Trinajstić information content (AvgIpc) is 3.15. The molecule has 4 heterocycles. The van der Waals surface area contributed by atoms with Crippen molar-refractivity contribution in [2.45, 2.75) is 56.5 Å². The summed E-state index contributed by atoms with van der Waals surface area (Å²) in [4.78, 5) is 7.22. The highest BCUT2D eigenvalue weighted by Crippen LogP contribution is 2.40. The lowest BCUT2D eigenvalue weighted by Crippen LogP contribution is -2.40. The van der Waals surface area contributed by atoms with Crippen molar-refractivity contribution in [2.24, 2.45) is 0 Å². The van der Waals surface area contributed by atoms with Gasteiger partial charge in [0.25, 0.3) is 0 Å². The Labute approximate surface area is 121 Å². The Kier molecular flexibility index (Phi) is 3.11. The van der Waals surface area contributed by atoms with Gasteiger partial charge in [0.15, 0.2) is 0 Å². The standard InChI is InChI=1S/C16H26N4/c1-16(5-7-17-8-6-16)15-11-18-12-20(15)14-4-10-19-9-2-3-13(14)19/h11-14,17H,2-10H2,1H3. The van der Waals surface area contributed by atoms with Gasteiger partial charge < -0.3 is 9.88 Å². The molecule has 4 rings (SSSR count). The van der Waals surface area contributed by atoms with Crippen LogP contribution in [0.25, 0.3) is 0 Å². The third-order valence-electron chi connectivity index (χ3n) is 5.92. The fraction of sp³-hybridized carbons (Fsp3) is 0.812. The lowest BCUT2D eigenvalue weighted by Gasteiger charge is -2.36. The van der Waals surface area contributed by atoms with E-state index in [4.69, 9.17) is 0 Å². The van der Waals surface area contributed by atoms with Crippen LogP contribution in [-0.4, -0.2) is 46.7 Å². The zero-order valence-electron chi connectivity index (χ0n) is 12.5. The SMILES string of the molecule is CC1(c2cncn2C2CCN3CCCC23)CCNCC1. The van der Waals surface area contributed by atoms with Gasteiger partial charge in [0, 0.05) is 29.9 Å². The number of rotatable bonds is 2. The summed E-state index contributed by atoms with van der Waals surface area (Å²) >= 11 is 0. The highest BCUT2D eigenvalue weighted by Gasteiger charge is 2.41. The quantitative estimate of drug-likeness (QED) is 0.894. The minimum absolute atomic E-state index is 0.313. The number of piperidine rings is 1. The molecule has 0 saturated carbocycles. The van der Waals surface area contributed by atoms with Crippen molar-refractivity contribution in [1.82, 2.24) is 19.8 Å². The van der Waals surface area contributed by atoms with E-state index in [9.17, 15) is 0 Å². The molecule has 20 heavy (non-hydrogen) atoms. The van der Waals surface area contributed by atoms with Crippen LogP contribution in [0.1, 0.15) is 50.8 Å². The van der Waals surface area contributed by atoms with Gasteiger partial charge in [-0.1, -0.05) is 6.92 Å². The highest BCUT2D eigenvalue weighted by molar-refractivity contribution is 5.18. The van der Waals surface area contributed by atoms with Crippen LogP contribution in [0, 0.1) is 0 Å². The second kappa shape index (κ2) is 4.85. The van der Waals surface area contributed by atoms with Crippen molar-refractivity contribution in [3.63, 3.8) is 0 Å². The summed E-state index contributed by atoms with van der Waals surface area (Å²) < 4.78 is 2.54. The Balaban J connectivity index is 1.65. The van der Waals surface area contributed by atoms with E-state index in [2.05, 4.69) is 39.2 Å².